The fraction of sp³-hybridized carbons (Fsp3) is 0.462. The normalized spacial score (nSPS) is 11.6. The first-order valence-electron chi connectivity index (χ1n) is 6.32. The summed E-state index contributed by atoms with van der Waals surface area (Å²) in [6.45, 7) is 0.515. The van der Waals surface area contributed by atoms with E-state index < -0.39 is 15.8 Å². The molecule has 6 nitrogen and oxygen atoms in total. The average Bonchev–Trinajstić information content (AvgIpc) is 2.40. The van der Waals surface area contributed by atoms with Gasteiger partial charge < -0.3 is 10.1 Å². The molecule has 0 heterocycles. The minimum absolute atomic E-state index is 0.00810. The van der Waals surface area contributed by atoms with Gasteiger partial charge in [0.1, 0.15) is 5.82 Å². The summed E-state index contributed by atoms with van der Waals surface area (Å²) >= 11 is 0. The Labute approximate surface area is 123 Å². The third kappa shape index (κ3) is 6.65. The summed E-state index contributed by atoms with van der Waals surface area (Å²) in [5, 5.41) is 2.57. The van der Waals surface area contributed by atoms with Gasteiger partial charge in [0, 0.05) is 32.3 Å². The maximum Gasteiger partial charge on any atom is 0.225 e. The number of carbonyl (C=O) groups is 1. The Kier molecular flexibility index (Phi) is 6.73. The smallest absolute Gasteiger partial charge is 0.225 e. The third-order valence-corrected chi connectivity index (χ3v) is 4.03. The largest absolute Gasteiger partial charge is 0.383 e. The second-order valence-electron chi connectivity index (χ2n) is 4.46. The fourth-order valence-electron chi connectivity index (χ4n) is 1.62. The highest BCUT2D eigenvalue weighted by Crippen LogP contribution is 2.09. The summed E-state index contributed by atoms with van der Waals surface area (Å²) < 4.78 is 41.8. The molecule has 0 aromatic heterocycles. The van der Waals surface area contributed by atoms with Crippen molar-refractivity contribution in [2.75, 3.05) is 38.4 Å². The molecule has 1 aromatic carbocycles. The van der Waals surface area contributed by atoms with Crippen LogP contribution in [0.25, 0.3) is 0 Å². The number of anilines is 1. The van der Waals surface area contributed by atoms with Crippen LogP contribution in [0.3, 0.4) is 0 Å². The van der Waals surface area contributed by atoms with E-state index in [1.165, 1.54) is 35.7 Å². The van der Waals surface area contributed by atoms with Crippen molar-refractivity contribution in [2.24, 2.45) is 0 Å². The molecule has 0 unspecified atom stereocenters. The van der Waals surface area contributed by atoms with E-state index in [2.05, 4.69) is 5.32 Å². The number of carbonyl (C=O) groups excluding carboxylic acids is 1. The van der Waals surface area contributed by atoms with Gasteiger partial charge >= 0.3 is 0 Å². The lowest BCUT2D eigenvalue weighted by Crippen LogP contribution is -2.35. The molecule has 0 saturated carbocycles. The molecule has 0 aliphatic rings. The number of amides is 1. The second-order valence-corrected chi connectivity index (χ2v) is 6.44. The number of methoxy groups -OCH3 is 1. The van der Waals surface area contributed by atoms with Crippen LogP contribution in [0.4, 0.5) is 10.1 Å². The van der Waals surface area contributed by atoms with E-state index >= 15 is 0 Å². The van der Waals surface area contributed by atoms with Crippen LogP contribution in [0, 0.1) is 5.82 Å². The predicted molar refractivity (Wildman–Crippen MR) is 77.9 cm³/mol. The van der Waals surface area contributed by atoms with Crippen LogP contribution in [0.1, 0.15) is 6.42 Å². The lowest BCUT2D eigenvalue weighted by atomic mass is 10.3. The second kappa shape index (κ2) is 8.06. The van der Waals surface area contributed by atoms with Gasteiger partial charge in [-0.25, -0.2) is 12.8 Å². The van der Waals surface area contributed by atoms with Gasteiger partial charge in [-0.15, -0.1) is 0 Å². The van der Waals surface area contributed by atoms with E-state index in [0.29, 0.717) is 5.69 Å². The number of sulfonamides is 1. The summed E-state index contributed by atoms with van der Waals surface area (Å²) in [4.78, 5) is 11.7. The molecule has 1 rings (SSSR count). The van der Waals surface area contributed by atoms with Gasteiger partial charge in [0.15, 0.2) is 0 Å². The minimum Gasteiger partial charge on any atom is -0.383 e. The quantitative estimate of drug-likeness (QED) is 0.778. The Morgan fingerprint density at radius 2 is 1.90 bits per heavy atom. The number of halogens is 1. The zero-order chi connectivity index (χ0) is 15.9. The topological polar surface area (TPSA) is 75.7 Å². The summed E-state index contributed by atoms with van der Waals surface area (Å²) in [5.74, 6) is -0.733. The molecule has 0 spiro atoms. The van der Waals surface area contributed by atoms with Crippen LogP contribution < -0.4 is 5.32 Å². The van der Waals surface area contributed by atoms with E-state index in [0.717, 1.165) is 6.26 Å². The molecule has 0 atom stereocenters. The maximum atomic E-state index is 12.7. The Hall–Kier alpha value is -1.51. The number of hydrogen-bond acceptors (Lipinski definition) is 4. The number of ether oxygens (including phenoxy) is 1. The molecular formula is C13H19FN2O4S. The Morgan fingerprint density at radius 1 is 1.29 bits per heavy atom. The number of benzene rings is 1. The average molecular weight is 318 g/mol. The SMILES string of the molecule is COCCN(CCC(=O)Nc1ccc(F)cc1)S(C)(=O)=O. The molecule has 0 bridgehead atoms. The lowest BCUT2D eigenvalue weighted by molar-refractivity contribution is -0.116. The van der Waals surface area contributed by atoms with Gasteiger partial charge in [-0.1, -0.05) is 0 Å². The Bertz CT molecular complexity index is 560. The van der Waals surface area contributed by atoms with Crippen molar-refractivity contribution in [2.45, 2.75) is 6.42 Å². The van der Waals surface area contributed by atoms with Crippen molar-refractivity contribution < 1.29 is 22.3 Å². The van der Waals surface area contributed by atoms with Gasteiger partial charge in [0.05, 0.1) is 12.9 Å². The zero-order valence-electron chi connectivity index (χ0n) is 12.0. The number of hydrogen-bond donors (Lipinski definition) is 1. The maximum absolute atomic E-state index is 12.7. The molecule has 118 valence electrons. The van der Waals surface area contributed by atoms with Gasteiger partial charge in [-0.05, 0) is 24.3 Å². The van der Waals surface area contributed by atoms with Crippen molar-refractivity contribution in [3.05, 3.63) is 30.1 Å². The first-order chi connectivity index (χ1) is 9.82. The van der Waals surface area contributed by atoms with E-state index in [9.17, 15) is 17.6 Å². The molecule has 0 saturated heterocycles. The highest BCUT2D eigenvalue weighted by molar-refractivity contribution is 7.88. The third-order valence-electron chi connectivity index (χ3n) is 2.73. The van der Waals surface area contributed by atoms with E-state index in [-0.39, 0.29) is 32.0 Å². The Balaban J connectivity index is 2.51. The minimum atomic E-state index is -3.39. The van der Waals surface area contributed by atoms with Crippen molar-refractivity contribution in [3.63, 3.8) is 0 Å². The van der Waals surface area contributed by atoms with Crippen LogP contribution in [-0.2, 0) is 19.6 Å². The molecule has 21 heavy (non-hydrogen) atoms. The number of rotatable bonds is 8. The molecule has 0 fully saturated rings. The van der Waals surface area contributed by atoms with Gasteiger partial charge in [0.2, 0.25) is 15.9 Å². The van der Waals surface area contributed by atoms with E-state index in [1.807, 2.05) is 0 Å². The van der Waals surface area contributed by atoms with Crippen molar-refractivity contribution in [1.82, 2.24) is 4.31 Å². The number of nitrogens with one attached hydrogen (secondary N) is 1. The first-order valence-corrected chi connectivity index (χ1v) is 8.17. The van der Waals surface area contributed by atoms with Crippen molar-refractivity contribution in [3.8, 4) is 0 Å². The first kappa shape index (κ1) is 17.5. The monoisotopic (exact) mass is 318 g/mol. The van der Waals surface area contributed by atoms with Crippen molar-refractivity contribution in [1.29, 1.82) is 0 Å². The van der Waals surface area contributed by atoms with Crippen LogP contribution in [0.5, 0.6) is 0 Å². The molecule has 1 aromatic rings. The van der Waals surface area contributed by atoms with Crippen LogP contribution in [-0.4, -0.2) is 51.7 Å². The summed E-state index contributed by atoms with van der Waals surface area (Å²) in [6.07, 6.45) is 1.09. The summed E-state index contributed by atoms with van der Waals surface area (Å²) in [5.41, 5.74) is 0.462. The van der Waals surface area contributed by atoms with Gasteiger partial charge in [-0.2, -0.15) is 4.31 Å². The molecule has 1 N–H and O–H groups in total. The highest BCUT2D eigenvalue weighted by atomic mass is 32.2. The lowest BCUT2D eigenvalue weighted by Gasteiger charge is -2.19. The van der Waals surface area contributed by atoms with Crippen molar-refractivity contribution >= 4 is 21.6 Å². The van der Waals surface area contributed by atoms with Crippen LogP contribution in [0.15, 0.2) is 24.3 Å². The zero-order valence-corrected chi connectivity index (χ0v) is 12.8. The number of nitrogens with zero attached hydrogens (tertiary/aromatic N) is 1. The van der Waals surface area contributed by atoms with Crippen LogP contribution in [0.2, 0.25) is 0 Å². The molecule has 8 heteroatoms. The molecule has 0 radical (unpaired) electrons. The Morgan fingerprint density at radius 3 is 2.43 bits per heavy atom. The fourth-order valence-corrected chi connectivity index (χ4v) is 2.45. The van der Waals surface area contributed by atoms with Crippen LogP contribution >= 0.6 is 0 Å². The summed E-state index contributed by atoms with van der Waals surface area (Å²) in [6, 6.07) is 5.34. The van der Waals surface area contributed by atoms with E-state index in [4.69, 9.17) is 4.74 Å². The summed E-state index contributed by atoms with van der Waals surface area (Å²) in [7, 11) is -1.91. The predicted octanol–water partition coefficient (Wildman–Crippen LogP) is 1.06. The standard InChI is InChI=1S/C13H19FN2O4S/c1-20-10-9-16(21(2,18)19)8-7-13(17)15-12-5-3-11(14)4-6-12/h3-6H,7-10H2,1-2H3,(H,15,17). The molecule has 1 amide bonds. The molecular weight excluding hydrogens is 299 g/mol. The van der Waals surface area contributed by atoms with Gasteiger partial charge in [-0.3, -0.25) is 4.79 Å². The van der Waals surface area contributed by atoms with Gasteiger partial charge in [0.25, 0.3) is 0 Å². The molecule has 0 aliphatic heterocycles. The van der Waals surface area contributed by atoms with E-state index in [1.54, 1.807) is 0 Å². The molecule has 0 aliphatic carbocycles. The highest BCUT2D eigenvalue weighted by Gasteiger charge is 2.17.